The second-order valence-corrected chi connectivity index (χ2v) is 21.3. The molecular formula is C65H67N3O. The zero-order valence-corrected chi connectivity index (χ0v) is 40.9. The fourth-order valence-electron chi connectivity index (χ4n) is 9.14. The van der Waals surface area contributed by atoms with E-state index in [1.165, 1.54) is 24.3 Å². The van der Waals surface area contributed by atoms with E-state index in [-0.39, 0.29) is 27.7 Å². The third-order valence-corrected chi connectivity index (χ3v) is 13.1. The zero-order valence-electron chi connectivity index (χ0n) is 52.9. The molecule has 0 atom stereocenters. The standard InChI is InChI=1S/C65H67N3O/c1-41-35-58(54(43-19-15-14-16-20-43)40-53(41)44-27-31-49(32-28-44)63(5,6)7)68-57-24-18-21-51(59(57)67-61(68)52-22-17-23-55(60(52)69)65(11,12)13)46-36-47(38-50(37-46)64(8,9)10)56-39-45(33-34-66-56)42-25-29-48(30-26-42)62(2,3)4/h14-40,69H,1-13H3/i1D3,2D3,3D3,4D3. The number of nitrogens with zero attached hydrogens (tertiary/aromatic N) is 3. The highest BCUT2D eigenvalue weighted by Crippen LogP contribution is 2.45. The second-order valence-electron chi connectivity index (χ2n) is 21.3. The predicted octanol–water partition coefficient (Wildman–Crippen LogP) is 17.6. The van der Waals surface area contributed by atoms with Gasteiger partial charge in [-0.3, -0.25) is 9.55 Å². The smallest absolute Gasteiger partial charge is 0.149 e. The molecule has 9 aromatic rings. The van der Waals surface area contributed by atoms with E-state index >= 15 is 0 Å². The number of benzene rings is 7. The van der Waals surface area contributed by atoms with Crippen LogP contribution in [0.1, 0.15) is 127 Å². The minimum atomic E-state index is -3.40. The van der Waals surface area contributed by atoms with Crippen LogP contribution in [0.4, 0.5) is 0 Å². The average molecular weight is 918 g/mol. The van der Waals surface area contributed by atoms with Gasteiger partial charge in [-0.1, -0.05) is 192 Å². The highest BCUT2D eigenvalue weighted by Gasteiger charge is 2.27. The Hall–Kier alpha value is -7.04. The first-order valence-corrected chi connectivity index (χ1v) is 23.5. The first-order valence-electron chi connectivity index (χ1n) is 29.5. The molecule has 4 heteroatoms. The van der Waals surface area contributed by atoms with E-state index in [9.17, 15) is 5.11 Å². The Morgan fingerprint density at radius 3 is 1.74 bits per heavy atom. The molecule has 1 N–H and O–H groups in total. The van der Waals surface area contributed by atoms with Gasteiger partial charge in [-0.05, 0) is 138 Å². The first kappa shape index (κ1) is 34.3. The van der Waals surface area contributed by atoms with Crippen molar-refractivity contribution in [2.75, 3.05) is 0 Å². The summed E-state index contributed by atoms with van der Waals surface area (Å²) in [5.41, 5.74) is 7.87. The van der Waals surface area contributed by atoms with Crippen molar-refractivity contribution < 1.29 is 21.6 Å². The molecule has 2 aromatic heterocycles. The van der Waals surface area contributed by atoms with Gasteiger partial charge in [0.25, 0.3) is 0 Å². The quantitative estimate of drug-likeness (QED) is 0.173. The SMILES string of the molecule is [2H]C([2H])([2H])c1cc(-n2c(-c3cccc(C(C)(C)C)c3O)nc3c(-c4cc(-c5cc(-c6ccc(C(C([2H])([2H])[2H])(C([2H])([2H])[2H])C([2H])([2H])[2H])cc6)ccn5)cc(C(C)(C)C)c4)cccc32)c(-c2ccccc2)cc1-c1ccc(C(C)(C)C)cc1. The Morgan fingerprint density at radius 2 is 1.09 bits per heavy atom. The lowest BCUT2D eigenvalue weighted by molar-refractivity contribution is 0.448. The summed E-state index contributed by atoms with van der Waals surface area (Å²) in [6, 6.07) is 48.8. The summed E-state index contributed by atoms with van der Waals surface area (Å²) in [6.07, 6.45) is 1.65. The molecule has 0 amide bonds. The Labute approximate surface area is 427 Å². The van der Waals surface area contributed by atoms with Crippen LogP contribution in [0.2, 0.25) is 0 Å². The maximum Gasteiger partial charge on any atom is 0.149 e. The van der Waals surface area contributed by atoms with E-state index in [0.29, 0.717) is 56.1 Å². The molecule has 69 heavy (non-hydrogen) atoms. The summed E-state index contributed by atoms with van der Waals surface area (Å²) in [5, 5.41) is 12.4. The van der Waals surface area contributed by atoms with Crippen molar-refractivity contribution in [3.8, 4) is 78.6 Å². The van der Waals surface area contributed by atoms with Gasteiger partial charge in [0.15, 0.2) is 0 Å². The molecule has 0 aliphatic heterocycles. The number of fused-ring (bicyclic) bond motifs is 1. The van der Waals surface area contributed by atoms with Crippen molar-refractivity contribution in [1.82, 2.24) is 14.5 Å². The molecule has 0 spiro atoms. The largest absolute Gasteiger partial charge is 0.507 e. The van der Waals surface area contributed by atoms with Crippen molar-refractivity contribution in [2.45, 2.75) is 111 Å². The molecule has 0 aliphatic rings. The molecule has 4 nitrogen and oxygen atoms in total. The minimum Gasteiger partial charge on any atom is -0.507 e. The molecule has 0 saturated heterocycles. The van der Waals surface area contributed by atoms with E-state index in [0.717, 1.165) is 44.5 Å². The van der Waals surface area contributed by atoms with Gasteiger partial charge in [-0.25, -0.2) is 4.98 Å². The van der Waals surface area contributed by atoms with Crippen LogP contribution < -0.4 is 0 Å². The van der Waals surface area contributed by atoms with Gasteiger partial charge in [0.2, 0.25) is 0 Å². The van der Waals surface area contributed by atoms with Gasteiger partial charge in [-0.15, -0.1) is 0 Å². The zero-order chi connectivity index (χ0) is 59.2. The summed E-state index contributed by atoms with van der Waals surface area (Å²) in [5.74, 6) is 0.457. The van der Waals surface area contributed by atoms with Crippen LogP contribution in [-0.2, 0) is 21.7 Å². The Kier molecular flexibility index (Phi) is 8.69. The second kappa shape index (κ2) is 17.5. The molecular weight excluding hydrogens is 839 g/mol. The van der Waals surface area contributed by atoms with Gasteiger partial charge >= 0.3 is 0 Å². The molecule has 348 valence electrons. The van der Waals surface area contributed by atoms with Crippen LogP contribution in [0, 0.1) is 6.85 Å². The van der Waals surface area contributed by atoms with Crippen LogP contribution >= 0.6 is 0 Å². The molecule has 0 bridgehead atoms. The van der Waals surface area contributed by atoms with Gasteiger partial charge < -0.3 is 5.11 Å². The lowest BCUT2D eigenvalue weighted by Crippen LogP contribution is -2.12. The van der Waals surface area contributed by atoms with E-state index in [1.54, 1.807) is 18.3 Å². The molecule has 0 radical (unpaired) electrons. The number of para-hydroxylation sites is 2. The average Bonchev–Trinajstić information content (AvgIpc) is 4.02. The number of pyridine rings is 1. The number of aromatic hydroxyl groups is 1. The molecule has 2 heterocycles. The normalized spacial score (nSPS) is 15.8. The van der Waals surface area contributed by atoms with E-state index < -0.39 is 38.2 Å². The predicted molar refractivity (Wildman–Crippen MR) is 293 cm³/mol. The number of aromatic nitrogens is 3. The van der Waals surface area contributed by atoms with Gasteiger partial charge in [0.1, 0.15) is 11.6 Å². The third-order valence-electron chi connectivity index (χ3n) is 13.1. The number of imidazole rings is 1. The molecule has 9 rings (SSSR count). The van der Waals surface area contributed by atoms with E-state index in [2.05, 4.69) is 65.8 Å². The van der Waals surface area contributed by atoms with Gasteiger partial charge in [0, 0.05) is 39.3 Å². The first-order chi connectivity index (χ1) is 37.5. The van der Waals surface area contributed by atoms with Crippen LogP contribution in [0.15, 0.2) is 164 Å². The fraction of sp³-hybridized carbons (Fsp3) is 0.262. The highest BCUT2D eigenvalue weighted by atomic mass is 16.3. The summed E-state index contributed by atoms with van der Waals surface area (Å²) in [4.78, 5) is 10.4. The monoisotopic (exact) mass is 918 g/mol. The van der Waals surface area contributed by atoms with Crippen molar-refractivity contribution in [2.24, 2.45) is 0 Å². The molecule has 0 fully saturated rings. The summed E-state index contributed by atoms with van der Waals surface area (Å²) >= 11 is 0. The van der Waals surface area contributed by atoms with Crippen LogP contribution in [0.3, 0.4) is 0 Å². The molecule has 0 unspecified atom stereocenters. The Balaban J connectivity index is 1.29. The number of hydrogen-bond acceptors (Lipinski definition) is 3. The summed E-state index contributed by atoms with van der Waals surface area (Å²) < 4.78 is 103. The maximum absolute atomic E-state index is 12.4. The Morgan fingerprint density at radius 1 is 0.464 bits per heavy atom. The number of phenols is 1. The summed E-state index contributed by atoms with van der Waals surface area (Å²) in [7, 11) is 0. The van der Waals surface area contributed by atoms with Crippen LogP contribution in [0.5, 0.6) is 5.75 Å². The summed E-state index contributed by atoms with van der Waals surface area (Å²) in [6.45, 7) is 6.15. The fourth-order valence-corrected chi connectivity index (χ4v) is 9.14. The molecule has 0 saturated carbocycles. The van der Waals surface area contributed by atoms with Crippen LogP contribution in [-0.4, -0.2) is 19.6 Å². The van der Waals surface area contributed by atoms with Crippen molar-refractivity contribution in [3.05, 3.63) is 192 Å². The van der Waals surface area contributed by atoms with Crippen molar-refractivity contribution in [1.29, 1.82) is 0 Å². The minimum absolute atomic E-state index is 0.0553. The maximum atomic E-state index is 12.4. The number of hydrogen-bond donors (Lipinski definition) is 1. The van der Waals surface area contributed by atoms with Gasteiger partial charge in [-0.2, -0.15) is 0 Å². The topological polar surface area (TPSA) is 50.9 Å². The van der Waals surface area contributed by atoms with E-state index in [4.69, 9.17) is 26.4 Å². The van der Waals surface area contributed by atoms with Crippen molar-refractivity contribution >= 4 is 11.0 Å². The molecule has 7 aromatic carbocycles. The van der Waals surface area contributed by atoms with E-state index in [1.807, 2.05) is 122 Å². The molecule has 0 aliphatic carbocycles. The van der Waals surface area contributed by atoms with Crippen LogP contribution in [0.25, 0.3) is 83.9 Å². The Bertz CT molecular complexity index is 3780. The lowest BCUT2D eigenvalue weighted by atomic mass is 9.83. The number of phenolic OH excluding ortho intramolecular Hbond substituents is 1. The van der Waals surface area contributed by atoms with Gasteiger partial charge in [0.05, 0.1) is 28.0 Å². The lowest BCUT2D eigenvalue weighted by Gasteiger charge is -2.23. The number of rotatable bonds is 7. The third kappa shape index (κ3) is 9.30. The highest BCUT2D eigenvalue weighted by molar-refractivity contribution is 5.98. The number of aryl methyl sites for hydroxylation is 1. The van der Waals surface area contributed by atoms with Crippen molar-refractivity contribution in [3.63, 3.8) is 0 Å².